The zero-order chi connectivity index (χ0) is 24.9. The Balaban J connectivity index is 1.24. The van der Waals surface area contributed by atoms with Crippen molar-refractivity contribution < 1.29 is 9.21 Å². The van der Waals surface area contributed by atoms with Crippen molar-refractivity contribution in [2.45, 2.75) is 25.8 Å². The van der Waals surface area contributed by atoms with Crippen LogP contribution in [0.15, 0.2) is 88.3 Å². The molecule has 1 aliphatic heterocycles. The quantitative estimate of drug-likeness (QED) is 0.316. The first kappa shape index (κ1) is 22.0. The third-order valence-electron chi connectivity index (χ3n) is 7.76. The van der Waals surface area contributed by atoms with Crippen LogP contribution in [0.1, 0.15) is 19.3 Å². The Morgan fingerprint density at radius 1 is 0.919 bits per heavy atom. The highest BCUT2D eigenvalue weighted by atomic mass is 16.3. The Hall–Kier alpha value is -4.19. The van der Waals surface area contributed by atoms with Crippen LogP contribution in [0, 0.1) is 11.8 Å². The summed E-state index contributed by atoms with van der Waals surface area (Å²) < 4.78 is 7.30. The molecule has 6 heteroatoms. The number of benzene rings is 3. The Labute approximate surface area is 214 Å². The van der Waals surface area contributed by atoms with E-state index in [0.29, 0.717) is 29.8 Å². The first-order valence-corrected chi connectivity index (χ1v) is 13.0. The highest BCUT2D eigenvalue weighted by Gasteiger charge is 2.36. The number of hydrogen-bond donors (Lipinski definition) is 0. The Morgan fingerprint density at radius 3 is 2.54 bits per heavy atom. The molecule has 37 heavy (non-hydrogen) atoms. The molecule has 7 rings (SSSR count). The molecule has 1 aliphatic carbocycles. The van der Waals surface area contributed by atoms with Gasteiger partial charge in [-0.25, -0.2) is 4.98 Å². The third kappa shape index (κ3) is 4.02. The molecule has 2 aromatic heterocycles. The maximum atomic E-state index is 13.7. The Morgan fingerprint density at radius 2 is 1.70 bits per heavy atom. The van der Waals surface area contributed by atoms with Crippen molar-refractivity contribution in [3.05, 3.63) is 89.4 Å². The summed E-state index contributed by atoms with van der Waals surface area (Å²) in [5.74, 6) is 1.43. The Bertz CT molecular complexity index is 1700. The summed E-state index contributed by atoms with van der Waals surface area (Å²) in [4.78, 5) is 33.2. The predicted molar refractivity (Wildman–Crippen MR) is 144 cm³/mol. The molecule has 3 aromatic carbocycles. The van der Waals surface area contributed by atoms with E-state index in [9.17, 15) is 9.59 Å². The van der Waals surface area contributed by atoms with Crippen molar-refractivity contribution in [2.75, 3.05) is 13.1 Å². The van der Waals surface area contributed by atoms with Crippen LogP contribution in [0.2, 0.25) is 0 Å². The van der Waals surface area contributed by atoms with Crippen LogP contribution in [0.4, 0.5) is 0 Å². The third-order valence-corrected chi connectivity index (χ3v) is 7.76. The molecule has 1 saturated carbocycles. The van der Waals surface area contributed by atoms with E-state index in [2.05, 4.69) is 24.3 Å². The maximum Gasteiger partial charge on any atom is 0.261 e. The van der Waals surface area contributed by atoms with Crippen molar-refractivity contribution in [3.63, 3.8) is 0 Å². The van der Waals surface area contributed by atoms with Gasteiger partial charge in [-0.3, -0.25) is 14.2 Å². The van der Waals surface area contributed by atoms with E-state index in [1.54, 1.807) is 6.26 Å². The van der Waals surface area contributed by atoms with Gasteiger partial charge >= 0.3 is 0 Å². The number of furan rings is 1. The highest BCUT2D eigenvalue weighted by molar-refractivity contribution is 5.84. The fourth-order valence-corrected chi connectivity index (χ4v) is 5.54. The van der Waals surface area contributed by atoms with Gasteiger partial charge in [-0.2, -0.15) is 0 Å². The molecule has 5 aromatic rings. The fourth-order valence-electron chi connectivity index (χ4n) is 5.54. The van der Waals surface area contributed by atoms with Gasteiger partial charge in [0.25, 0.3) is 5.56 Å². The lowest BCUT2D eigenvalue weighted by atomic mass is 10.0. The first-order chi connectivity index (χ1) is 18.1. The number of fused-ring (bicyclic) bond motifs is 2. The highest BCUT2D eigenvalue weighted by Crippen LogP contribution is 2.33. The van der Waals surface area contributed by atoms with Gasteiger partial charge in [0.2, 0.25) is 5.91 Å². The van der Waals surface area contributed by atoms with Gasteiger partial charge < -0.3 is 9.32 Å². The van der Waals surface area contributed by atoms with Gasteiger partial charge in [0.1, 0.15) is 11.4 Å². The lowest BCUT2D eigenvalue weighted by molar-refractivity contribution is -0.131. The zero-order valence-corrected chi connectivity index (χ0v) is 20.5. The van der Waals surface area contributed by atoms with E-state index in [1.165, 1.54) is 0 Å². The van der Waals surface area contributed by atoms with E-state index < -0.39 is 0 Å². The molecule has 0 spiro atoms. The monoisotopic (exact) mass is 489 g/mol. The fraction of sp³-hybridized carbons (Fsp3) is 0.258. The topological polar surface area (TPSA) is 68.3 Å². The van der Waals surface area contributed by atoms with Crippen molar-refractivity contribution in [1.29, 1.82) is 0 Å². The van der Waals surface area contributed by atoms with Crippen molar-refractivity contribution in [1.82, 2.24) is 14.5 Å². The average molecular weight is 490 g/mol. The van der Waals surface area contributed by atoms with E-state index in [1.807, 2.05) is 58.0 Å². The molecule has 2 fully saturated rings. The van der Waals surface area contributed by atoms with Crippen LogP contribution in [0.25, 0.3) is 44.4 Å². The number of carbonyl (C=O) groups excluding carboxylic acids is 1. The lowest BCUT2D eigenvalue weighted by Crippen LogP contribution is -2.32. The number of amides is 1. The molecule has 6 nitrogen and oxygen atoms in total. The van der Waals surface area contributed by atoms with Crippen LogP contribution >= 0.6 is 0 Å². The second kappa shape index (κ2) is 8.73. The minimum Gasteiger partial charge on any atom is -0.464 e. The standard InChI is InChI=1S/C31H27N3O3/c35-30(23-9-10-23)33-15-13-20(18-33)19-34-29(32-27-4-2-1-3-26(27)31(34)36)22-7-5-21(6-8-22)24-11-12-28-25(17-24)14-16-37-28/h1-8,11-12,14,16-17,20,23H,9-10,13,15,18-19H2. The van der Waals surface area contributed by atoms with Crippen molar-refractivity contribution >= 4 is 27.8 Å². The van der Waals surface area contributed by atoms with Crippen molar-refractivity contribution in [3.8, 4) is 22.5 Å². The molecule has 1 saturated heterocycles. The number of carbonyl (C=O) groups is 1. The molecule has 1 atom stereocenters. The zero-order valence-electron chi connectivity index (χ0n) is 20.5. The minimum absolute atomic E-state index is 0.0259. The molecule has 3 heterocycles. The van der Waals surface area contributed by atoms with E-state index in [0.717, 1.165) is 53.5 Å². The van der Waals surface area contributed by atoms with Gasteiger partial charge in [-0.05, 0) is 66.6 Å². The minimum atomic E-state index is -0.0259. The maximum absolute atomic E-state index is 13.7. The van der Waals surface area contributed by atoms with E-state index in [-0.39, 0.29) is 23.3 Å². The van der Waals surface area contributed by atoms with Crippen LogP contribution in [0.5, 0.6) is 0 Å². The van der Waals surface area contributed by atoms with E-state index in [4.69, 9.17) is 9.40 Å². The largest absolute Gasteiger partial charge is 0.464 e. The summed E-state index contributed by atoms with van der Waals surface area (Å²) in [6, 6.07) is 23.9. The molecular formula is C31H27N3O3. The average Bonchev–Trinajstić information content (AvgIpc) is 3.49. The summed E-state index contributed by atoms with van der Waals surface area (Å²) in [6.45, 7) is 2.05. The van der Waals surface area contributed by atoms with Gasteiger partial charge in [-0.1, -0.05) is 42.5 Å². The molecular weight excluding hydrogens is 462 g/mol. The predicted octanol–water partition coefficient (Wildman–Crippen LogP) is 5.74. The second-order valence-corrected chi connectivity index (χ2v) is 10.3. The van der Waals surface area contributed by atoms with Gasteiger partial charge in [0.15, 0.2) is 0 Å². The van der Waals surface area contributed by atoms with Gasteiger partial charge in [-0.15, -0.1) is 0 Å². The number of aromatic nitrogens is 2. The molecule has 1 amide bonds. The SMILES string of the molecule is O=C(C1CC1)N1CCC(Cn2c(-c3ccc(-c4ccc5occc5c4)cc3)nc3ccccc3c2=O)C1. The normalized spacial score (nSPS) is 17.6. The molecule has 2 aliphatic rings. The molecule has 1 unspecified atom stereocenters. The van der Waals surface area contributed by atoms with Crippen LogP contribution in [-0.2, 0) is 11.3 Å². The van der Waals surface area contributed by atoms with E-state index >= 15 is 0 Å². The first-order valence-electron chi connectivity index (χ1n) is 13.0. The molecule has 184 valence electrons. The van der Waals surface area contributed by atoms with Crippen LogP contribution in [0.3, 0.4) is 0 Å². The molecule has 0 N–H and O–H groups in total. The number of likely N-dealkylation sites (tertiary alicyclic amines) is 1. The summed E-state index contributed by atoms with van der Waals surface area (Å²) in [6.07, 6.45) is 4.65. The number of nitrogens with zero attached hydrogens (tertiary/aromatic N) is 3. The van der Waals surface area contributed by atoms with Gasteiger partial charge in [0.05, 0.1) is 17.2 Å². The van der Waals surface area contributed by atoms with Crippen LogP contribution < -0.4 is 5.56 Å². The smallest absolute Gasteiger partial charge is 0.261 e. The second-order valence-electron chi connectivity index (χ2n) is 10.3. The van der Waals surface area contributed by atoms with Gasteiger partial charge in [0, 0.05) is 36.5 Å². The number of para-hydroxylation sites is 1. The summed E-state index contributed by atoms with van der Waals surface area (Å²) in [5, 5.41) is 1.69. The van der Waals surface area contributed by atoms with Crippen LogP contribution in [-0.4, -0.2) is 33.4 Å². The number of hydrogen-bond acceptors (Lipinski definition) is 4. The molecule has 0 radical (unpaired) electrons. The Kier molecular flexibility index (Phi) is 5.20. The summed E-state index contributed by atoms with van der Waals surface area (Å²) in [5.41, 5.74) is 4.64. The summed E-state index contributed by atoms with van der Waals surface area (Å²) >= 11 is 0. The number of rotatable bonds is 5. The summed E-state index contributed by atoms with van der Waals surface area (Å²) in [7, 11) is 0. The molecule has 0 bridgehead atoms. The lowest BCUT2D eigenvalue weighted by Gasteiger charge is -2.19. The van der Waals surface area contributed by atoms with Crippen molar-refractivity contribution in [2.24, 2.45) is 11.8 Å².